The molecule has 2 atom stereocenters. The second-order valence-electron chi connectivity index (χ2n) is 7.81. The Balaban J connectivity index is 3.87. The number of rotatable bonds is 22. The molecule has 0 aromatic heterocycles. The summed E-state index contributed by atoms with van der Waals surface area (Å²) in [4.78, 5) is 0. The molecule has 0 saturated carbocycles. The van der Waals surface area contributed by atoms with Gasteiger partial charge in [-0.3, -0.25) is 0 Å². The Bertz CT molecular complexity index is 247. The van der Waals surface area contributed by atoms with Crippen molar-refractivity contribution in [3.8, 4) is 0 Å². The van der Waals surface area contributed by atoms with E-state index in [4.69, 9.17) is 9.47 Å². The first-order valence-corrected chi connectivity index (χ1v) is 13.2. The zero-order valence-corrected chi connectivity index (χ0v) is 19.9. The van der Waals surface area contributed by atoms with Gasteiger partial charge >= 0.3 is 0 Å². The molecule has 3 heteroatoms. The summed E-state index contributed by atoms with van der Waals surface area (Å²) in [5, 5.41) is 0. The number of hydrogen-bond acceptors (Lipinski definition) is 3. The monoisotopic (exact) mass is 402 g/mol. The van der Waals surface area contributed by atoms with Crippen molar-refractivity contribution in [3.05, 3.63) is 0 Å². The minimum absolute atomic E-state index is 0.433. The van der Waals surface area contributed by atoms with Crippen molar-refractivity contribution in [1.82, 2.24) is 0 Å². The molecule has 0 aliphatic heterocycles. The van der Waals surface area contributed by atoms with Crippen LogP contribution in [0.3, 0.4) is 0 Å². The quantitative estimate of drug-likeness (QED) is 0.171. The lowest BCUT2D eigenvalue weighted by Gasteiger charge is -2.20. The second-order valence-corrected chi connectivity index (χ2v) is 8.88. The van der Waals surface area contributed by atoms with Crippen LogP contribution in [0.25, 0.3) is 0 Å². The summed E-state index contributed by atoms with van der Waals surface area (Å²) in [5.41, 5.74) is 0. The molecule has 0 spiro atoms. The van der Waals surface area contributed by atoms with Gasteiger partial charge in [0, 0.05) is 24.7 Å². The molecule has 0 N–H and O–H groups in total. The first-order chi connectivity index (χ1) is 13.3. The normalized spacial score (nSPS) is 13.8. The zero-order chi connectivity index (χ0) is 20.0. The van der Waals surface area contributed by atoms with Crippen LogP contribution < -0.4 is 0 Å². The Kier molecular flexibility index (Phi) is 22.8. The molecule has 0 heterocycles. The molecule has 2 nitrogen and oxygen atoms in total. The van der Waals surface area contributed by atoms with Gasteiger partial charge < -0.3 is 9.47 Å². The van der Waals surface area contributed by atoms with Crippen molar-refractivity contribution in [2.75, 3.05) is 24.7 Å². The van der Waals surface area contributed by atoms with Gasteiger partial charge in [-0.25, -0.2) is 0 Å². The van der Waals surface area contributed by atoms with Gasteiger partial charge in [0.25, 0.3) is 0 Å². The molecule has 0 aromatic carbocycles. The van der Waals surface area contributed by atoms with Crippen LogP contribution in [0.5, 0.6) is 0 Å². The van der Waals surface area contributed by atoms with E-state index in [1.54, 1.807) is 0 Å². The highest BCUT2D eigenvalue weighted by Crippen LogP contribution is 2.18. The van der Waals surface area contributed by atoms with Crippen LogP contribution in [0.15, 0.2) is 0 Å². The lowest BCUT2D eigenvalue weighted by Crippen LogP contribution is -2.20. The van der Waals surface area contributed by atoms with E-state index in [9.17, 15) is 0 Å². The highest BCUT2D eigenvalue weighted by Gasteiger charge is 2.12. The van der Waals surface area contributed by atoms with Gasteiger partial charge in [-0.1, -0.05) is 90.9 Å². The lowest BCUT2D eigenvalue weighted by atomic mass is 10.1. The summed E-state index contributed by atoms with van der Waals surface area (Å²) in [7, 11) is 0. The van der Waals surface area contributed by atoms with E-state index in [0.717, 1.165) is 24.7 Å². The van der Waals surface area contributed by atoms with Gasteiger partial charge in [0.05, 0.1) is 12.2 Å². The van der Waals surface area contributed by atoms with Crippen molar-refractivity contribution in [2.45, 2.75) is 130 Å². The standard InChI is InChI=1S/C24H50O2S/c1-5-9-11-13-15-17-19-23(25-7-3)21-27-22-24(26-8-4)20-18-16-14-12-10-6-2/h23-24H,5-22H2,1-4H3. The maximum Gasteiger partial charge on any atom is 0.0665 e. The maximum absolute atomic E-state index is 5.99. The molecular weight excluding hydrogens is 352 g/mol. The van der Waals surface area contributed by atoms with E-state index >= 15 is 0 Å². The molecule has 0 rings (SSSR count). The van der Waals surface area contributed by atoms with E-state index in [2.05, 4.69) is 27.7 Å². The van der Waals surface area contributed by atoms with Crippen LogP contribution in [0, 0.1) is 0 Å². The summed E-state index contributed by atoms with van der Waals surface area (Å²) in [6.07, 6.45) is 19.7. The molecule has 0 aliphatic rings. The van der Waals surface area contributed by atoms with E-state index in [1.807, 2.05) is 11.8 Å². The molecule has 0 saturated heterocycles. The number of unbranched alkanes of at least 4 members (excludes halogenated alkanes) is 10. The SMILES string of the molecule is CCCCCCCCC(CSCC(CCCCCCCC)OCC)OCC. The highest BCUT2D eigenvalue weighted by atomic mass is 32.2. The number of thioether (sulfide) groups is 1. The third-order valence-corrected chi connectivity index (χ3v) is 6.39. The second kappa shape index (κ2) is 22.6. The smallest absolute Gasteiger partial charge is 0.0665 e. The third-order valence-electron chi connectivity index (χ3n) is 5.17. The largest absolute Gasteiger partial charge is 0.378 e. The Morgan fingerprint density at radius 1 is 0.519 bits per heavy atom. The zero-order valence-electron chi connectivity index (χ0n) is 19.1. The fraction of sp³-hybridized carbons (Fsp3) is 1.00. The number of ether oxygens (including phenoxy) is 2. The van der Waals surface area contributed by atoms with Gasteiger partial charge in [0.15, 0.2) is 0 Å². The van der Waals surface area contributed by atoms with Crippen molar-refractivity contribution in [3.63, 3.8) is 0 Å². The van der Waals surface area contributed by atoms with Crippen LogP contribution in [-0.2, 0) is 9.47 Å². The first-order valence-electron chi connectivity index (χ1n) is 12.1. The minimum atomic E-state index is 0.433. The summed E-state index contributed by atoms with van der Waals surface area (Å²) in [6, 6.07) is 0. The van der Waals surface area contributed by atoms with Crippen molar-refractivity contribution in [2.24, 2.45) is 0 Å². The van der Waals surface area contributed by atoms with Crippen LogP contribution in [0.2, 0.25) is 0 Å². The number of hydrogen-bond donors (Lipinski definition) is 0. The van der Waals surface area contributed by atoms with Crippen molar-refractivity contribution in [1.29, 1.82) is 0 Å². The van der Waals surface area contributed by atoms with Crippen molar-refractivity contribution < 1.29 is 9.47 Å². The van der Waals surface area contributed by atoms with Crippen LogP contribution >= 0.6 is 11.8 Å². The van der Waals surface area contributed by atoms with Gasteiger partial charge in [0.1, 0.15) is 0 Å². The Morgan fingerprint density at radius 3 is 1.26 bits per heavy atom. The van der Waals surface area contributed by atoms with Crippen LogP contribution in [0.4, 0.5) is 0 Å². The van der Waals surface area contributed by atoms with E-state index in [1.165, 1.54) is 89.9 Å². The Morgan fingerprint density at radius 2 is 0.889 bits per heavy atom. The van der Waals surface area contributed by atoms with Gasteiger partial charge in [-0.05, 0) is 26.7 Å². The Labute approximate surface area is 175 Å². The van der Waals surface area contributed by atoms with Gasteiger partial charge in [-0.15, -0.1) is 0 Å². The van der Waals surface area contributed by atoms with E-state index in [-0.39, 0.29) is 0 Å². The molecule has 0 aliphatic carbocycles. The maximum atomic E-state index is 5.99. The molecule has 0 fully saturated rings. The molecule has 0 radical (unpaired) electrons. The molecule has 27 heavy (non-hydrogen) atoms. The average molecular weight is 403 g/mol. The Hall–Kier alpha value is 0.270. The molecule has 0 bridgehead atoms. The average Bonchev–Trinajstić information content (AvgIpc) is 2.67. The third kappa shape index (κ3) is 19.4. The van der Waals surface area contributed by atoms with Gasteiger partial charge in [-0.2, -0.15) is 11.8 Å². The molecule has 164 valence electrons. The molecule has 0 aromatic rings. The summed E-state index contributed by atoms with van der Waals surface area (Å²) in [6.45, 7) is 10.5. The van der Waals surface area contributed by atoms with E-state index in [0.29, 0.717) is 12.2 Å². The molecular formula is C24H50O2S. The fourth-order valence-electron chi connectivity index (χ4n) is 3.54. The summed E-state index contributed by atoms with van der Waals surface area (Å²) >= 11 is 2.04. The van der Waals surface area contributed by atoms with Crippen LogP contribution in [0.1, 0.15) is 118 Å². The predicted molar refractivity (Wildman–Crippen MR) is 124 cm³/mol. The van der Waals surface area contributed by atoms with E-state index < -0.39 is 0 Å². The van der Waals surface area contributed by atoms with Crippen LogP contribution in [-0.4, -0.2) is 36.9 Å². The fourth-order valence-corrected chi connectivity index (χ4v) is 4.72. The summed E-state index contributed by atoms with van der Waals surface area (Å²) in [5.74, 6) is 2.26. The first kappa shape index (κ1) is 27.3. The predicted octanol–water partition coefficient (Wildman–Crippen LogP) is 8.03. The molecule has 2 unspecified atom stereocenters. The van der Waals surface area contributed by atoms with Crippen molar-refractivity contribution >= 4 is 11.8 Å². The topological polar surface area (TPSA) is 18.5 Å². The lowest BCUT2D eigenvalue weighted by molar-refractivity contribution is 0.0680. The summed E-state index contributed by atoms with van der Waals surface area (Å²) < 4.78 is 12.0. The highest BCUT2D eigenvalue weighted by molar-refractivity contribution is 7.99. The van der Waals surface area contributed by atoms with Gasteiger partial charge in [0.2, 0.25) is 0 Å². The minimum Gasteiger partial charge on any atom is -0.378 e. The molecule has 0 amide bonds.